The topological polar surface area (TPSA) is 54.5 Å². The summed E-state index contributed by atoms with van der Waals surface area (Å²) in [6.45, 7) is 3.44. The number of nitrogens with one attached hydrogen (secondary N) is 1. The van der Waals surface area contributed by atoms with Crippen LogP contribution in [0.15, 0.2) is 79.0 Å². The molecule has 0 unspecified atom stereocenters. The quantitative estimate of drug-likeness (QED) is 0.549. The van der Waals surface area contributed by atoms with E-state index in [0.29, 0.717) is 11.6 Å². The maximum Gasteiger partial charge on any atom is 0.233 e. The third kappa shape index (κ3) is 6.09. The Balaban J connectivity index is 1.31. The molecule has 4 rings (SSSR count). The molecule has 5 nitrogen and oxygen atoms in total. The van der Waals surface area contributed by atoms with E-state index in [1.165, 1.54) is 0 Å². The SMILES string of the molecule is O=C(NC1CCN(CCOc2ccccc2)CC1)[C@@H](c1ccc(Cl)cc1)c1ccccn1. The molecule has 1 saturated heterocycles. The van der Waals surface area contributed by atoms with E-state index in [1.807, 2.05) is 72.8 Å². The lowest BCUT2D eigenvalue weighted by Crippen LogP contribution is -2.46. The number of nitrogens with zero attached hydrogens (tertiary/aromatic N) is 2. The van der Waals surface area contributed by atoms with Crippen LogP contribution in [0.2, 0.25) is 5.02 Å². The van der Waals surface area contributed by atoms with Crippen LogP contribution in [0.3, 0.4) is 0 Å². The first kappa shape index (κ1) is 22.3. The minimum absolute atomic E-state index is 0.0168. The second kappa shape index (κ2) is 11.1. The molecular weight excluding hydrogens is 422 g/mol. The molecule has 1 amide bonds. The van der Waals surface area contributed by atoms with Crippen molar-refractivity contribution in [3.05, 3.63) is 95.3 Å². The molecule has 1 aliphatic rings. The highest BCUT2D eigenvalue weighted by atomic mass is 35.5. The number of benzene rings is 2. The van der Waals surface area contributed by atoms with Gasteiger partial charge in [0.2, 0.25) is 5.91 Å². The van der Waals surface area contributed by atoms with E-state index >= 15 is 0 Å². The molecule has 2 aromatic carbocycles. The minimum Gasteiger partial charge on any atom is -0.492 e. The average Bonchev–Trinajstić information content (AvgIpc) is 2.83. The van der Waals surface area contributed by atoms with Gasteiger partial charge in [-0.1, -0.05) is 48.0 Å². The monoisotopic (exact) mass is 449 g/mol. The number of rotatable bonds is 8. The van der Waals surface area contributed by atoms with Gasteiger partial charge in [-0.05, 0) is 54.8 Å². The second-order valence-electron chi connectivity index (χ2n) is 8.03. The van der Waals surface area contributed by atoms with Gasteiger partial charge < -0.3 is 10.1 Å². The molecule has 1 fully saturated rings. The largest absolute Gasteiger partial charge is 0.492 e. The molecule has 0 radical (unpaired) electrons. The number of para-hydroxylation sites is 1. The Morgan fingerprint density at radius 3 is 2.44 bits per heavy atom. The third-order valence-electron chi connectivity index (χ3n) is 5.80. The van der Waals surface area contributed by atoms with Crippen LogP contribution in [-0.4, -0.2) is 48.1 Å². The molecule has 0 saturated carbocycles. The number of likely N-dealkylation sites (tertiary alicyclic amines) is 1. The van der Waals surface area contributed by atoms with Crippen LogP contribution in [0.4, 0.5) is 0 Å². The Bertz CT molecular complexity index is 975. The smallest absolute Gasteiger partial charge is 0.233 e. The predicted molar refractivity (Wildman–Crippen MR) is 127 cm³/mol. The highest BCUT2D eigenvalue weighted by molar-refractivity contribution is 6.30. The summed E-state index contributed by atoms with van der Waals surface area (Å²) in [5, 5.41) is 3.91. The van der Waals surface area contributed by atoms with Crippen molar-refractivity contribution in [3.63, 3.8) is 0 Å². The molecule has 3 aromatic rings. The molecular formula is C26H28ClN3O2. The number of hydrogen-bond donors (Lipinski definition) is 1. The maximum atomic E-state index is 13.3. The summed E-state index contributed by atoms with van der Waals surface area (Å²) in [6, 6.07) is 23.1. The van der Waals surface area contributed by atoms with Crippen LogP contribution in [0.25, 0.3) is 0 Å². The number of carbonyl (C=O) groups is 1. The standard InChI is InChI=1S/C26H28ClN3O2/c27-21-11-9-20(10-12-21)25(24-8-4-5-15-28-24)26(31)29-22-13-16-30(17-14-22)18-19-32-23-6-2-1-3-7-23/h1-12,15,22,25H,13-14,16-19H2,(H,29,31)/t25-/m0/s1. The van der Waals surface area contributed by atoms with Crippen molar-refractivity contribution in [2.75, 3.05) is 26.2 Å². The molecule has 0 aliphatic carbocycles. The van der Waals surface area contributed by atoms with Crippen LogP contribution >= 0.6 is 11.6 Å². The van der Waals surface area contributed by atoms with E-state index in [2.05, 4.69) is 15.2 Å². The Hall–Kier alpha value is -2.89. The fourth-order valence-corrected chi connectivity index (χ4v) is 4.18. The normalized spacial score (nSPS) is 15.8. The first-order valence-corrected chi connectivity index (χ1v) is 11.4. The fraction of sp³-hybridized carbons (Fsp3) is 0.308. The molecule has 32 heavy (non-hydrogen) atoms. The minimum atomic E-state index is -0.453. The third-order valence-corrected chi connectivity index (χ3v) is 6.05. The number of amides is 1. The lowest BCUT2D eigenvalue weighted by Gasteiger charge is -2.33. The summed E-state index contributed by atoms with van der Waals surface area (Å²) < 4.78 is 5.81. The number of halogens is 1. The molecule has 0 bridgehead atoms. The number of pyridine rings is 1. The van der Waals surface area contributed by atoms with Crippen LogP contribution in [0, 0.1) is 0 Å². The van der Waals surface area contributed by atoms with Crippen molar-refractivity contribution in [3.8, 4) is 5.75 Å². The molecule has 1 N–H and O–H groups in total. The Kier molecular flexibility index (Phi) is 7.75. The summed E-state index contributed by atoms with van der Waals surface area (Å²) in [5.41, 5.74) is 1.63. The maximum absolute atomic E-state index is 13.3. The Morgan fingerprint density at radius 2 is 1.75 bits per heavy atom. The van der Waals surface area contributed by atoms with E-state index in [0.717, 1.165) is 49.5 Å². The molecule has 1 atom stereocenters. The summed E-state index contributed by atoms with van der Waals surface area (Å²) >= 11 is 6.05. The van der Waals surface area contributed by atoms with Crippen molar-refractivity contribution in [1.29, 1.82) is 0 Å². The van der Waals surface area contributed by atoms with Crippen molar-refractivity contribution in [2.45, 2.75) is 24.8 Å². The molecule has 1 aliphatic heterocycles. The molecule has 0 spiro atoms. The van der Waals surface area contributed by atoms with Gasteiger partial charge in [0, 0.05) is 36.9 Å². The van der Waals surface area contributed by atoms with E-state index in [9.17, 15) is 4.79 Å². The fourth-order valence-electron chi connectivity index (χ4n) is 4.05. The zero-order valence-corrected chi connectivity index (χ0v) is 18.7. The molecule has 2 heterocycles. The summed E-state index contributed by atoms with van der Waals surface area (Å²) in [5.74, 6) is 0.431. The van der Waals surface area contributed by atoms with E-state index in [4.69, 9.17) is 16.3 Å². The van der Waals surface area contributed by atoms with Gasteiger partial charge in [0.15, 0.2) is 0 Å². The van der Waals surface area contributed by atoms with Gasteiger partial charge >= 0.3 is 0 Å². The first-order chi connectivity index (χ1) is 15.7. The van der Waals surface area contributed by atoms with Crippen molar-refractivity contribution in [2.24, 2.45) is 0 Å². The number of piperidine rings is 1. The number of ether oxygens (including phenoxy) is 1. The summed E-state index contributed by atoms with van der Waals surface area (Å²) in [6.07, 6.45) is 3.57. The van der Waals surface area contributed by atoms with E-state index in [-0.39, 0.29) is 11.9 Å². The lowest BCUT2D eigenvalue weighted by molar-refractivity contribution is -0.122. The molecule has 166 valence electrons. The van der Waals surface area contributed by atoms with Gasteiger partial charge in [-0.15, -0.1) is 0 Å². The average molecular weight is 450 g/mol. The Labute approximate surface area is 194 Å². The van der Waals surface area contributed by atoms with Crippen LogP contribution in [0.5, 0.6) is 5.75 Å². The van der Waals surface area contributed by atoms with Gasteiger partial charge in [-0.2, -0.15) is 0 Å². The van der Waals surface area contributed by atoms with Crippen molar-refractivity contribution < 1.29 is 9.53 Å². The van der Waals surface area contributed by atoms with Crippen LogP contribution < -0.4 is 10.1 Å². The summed E-state index contributed by atoms with van der Waals surface area (Å²) in [7, 11) is 0. The number of carbonyl (C=O) groups excluding carboxylic acids is 1. The van der Waals surface area contributed by atoms with Crippen molar-refractivity contribution >= 4 is 17.5 Å². The van der Waals surface area contributed by atoms with Gasteiger partial charge in [-0.3, -0.25) is 14.7 Å². The van der Waals surface area contributed by atoms with E-state index < -0.39 is 5.92 Å². The van der Waals surface area contributed by atoms with Gasteiger partial charge in [-0.25, -0.2) is 0 Å². The highest BCUT2D eigenvalue weighted by Gasteiger charge is 2.27. The van der Waals surface area contributed by atoms with Gasteiger partial charge in [0.1, 0.15) is 18.3 Å². The van der Waals surface area contributed by atoms with Gasteiger partial charge in [0.05, 0.1) is 5.69 Å². The zero-order chi connectivity index (χ0) is 22.2. The number of aromatic nitrogens is 1. The van der Waals surface area contributed by atoms with Gasteiger partial charge in [0.25, 0.3) is 0 Å². The molecule has 6 heteroatoms. The summed E-state index contributed by atoms with van der Waals surface area (Å²) in [4.78, 5) is 20.1. The van der Waals surface area contributed by atoms with Crippen molar-refractivity contribution in [1.82, 2.24) is 15.2 Å². The first-order valence-electron chi connectivity index (χ1n) is 11.1. The van der Waals surface area contributed by atoms with E-state index in [1.54, 1.807) is 6.20 Å². The highest BCUT2D eigenvalue weighted by Crippen LogP contribution is 2.25. The lowest BCUT2D eigenvalue weighted by atomic mass is 9.93. The van der Waals surface area contributed by atoms with Crippen LogP contribution in [0.1, 0.15) is 30.0 Å². The van der Waals surface area contributed by atoms with Crippen LogP contribution in [-0.2, 0) is 4.79 Å². The predicted octanol–water partition coefficient (Wildman–Crippen LogP) is 4.53. The zero-order valence-electron chi connectivity index (χ0n) is 18.0. The second-order valence-corrected chi connectivity index (χ2v) is 8.46. The number of hydrogen-bond acceptors (Lipinski definition) is 4. The molecule has 1 aromatic heterocycles. The Morgan fingerprint density at radius 1 is 1.03 bits per heavy atom.